The first-order valence-electron chi connectivity index (χ1n) is 9.22. The highest BCUT2D eigenvalue weighted by Crippen LogP contribution is 2.19. The van der Waals surface area contributed by atoms with Crippen LogP contribution in [0.15, 0.2) is 48.5 Å². The Bertz CT molecular complexity index is 753. The van der Waals surface area contributed by atoms with Gasteiger partial charge in [-0.2, -0.15) is 0 Å². The van der Waals surface area contributed by atoms with Gasteiger partial charge >= 0.3 is 0 Å². The number of nitrogens with one attached hydrogen (secondary N) is 1. The molecule has 0 bridgehead atoms. The third-order valence-corrected chi connectivity index (χ3v) is 4.87. The third-order valence-electron chi connectivity index (χ3n) is 4.87. The summed E-state index contributed by atoms with van der Waals surface area (Å²) in [5.41, 5.74) is 9.43. The van der Waals surface area contributed by atoms with E-state index in [1.54, 1.807) is 6.07 Å². The Balaban J connectivity index is 1.52. The number of rotatable bonds is 6. The van der Waals surface area contributed by atoms with Gasteiger partial charge in [-0.1, -0.05) is 24.3 Å². The van der Waals surface area contributed by atoms with E-state index in [-0.39, 0.29) is 6.04 Å². The van der Waals surface area contributed by atoms with Crippen LogP contribution in [0.25, 0.3) is 0 Å². The number of nitrogens with zero attached hydrogens (tertiary/aromatic N) is 2. The number of carbonyl (C=O) groups excluding carboxylic acids is 1. The van der Waals surface area contributed by atoms with Crippen molar-refractivity contribution < 1.29 is 4.79 Å². The average Bonchev–Trinajstić information content (AvgIpc) is 2.62. The van der Waals surface area contributed by atoms with E-state index in [9.17, 15) is 4.79 Å². The molecule has 1 atom stereocenters. The van der Waals surface area contributed by atoms with Crippen molar-refractivity contribution in [3.8, 4) is 0 Å². The smallest absolute Gasteiger partial charge is 0.250 e. The number of anilines is 2. The van der Waals surface area contributed by atoms with Gasteiger partial charge in [0.05, 0.1) is 5.56 Å². The number of nitrogens with two attached hydrogens (primary N) is 1. The van der Waals surface area contributed by atoms with Gasteiger partial charge in [0.25, 0.3) is 5.91 Å². The first-order chi connectivity index (χ1) is 12.5. The maximum atomic E-state index is 11.6. The van der Waals surface area contributed by atoms with E-state index in [4.69, 9.17) is 5.73 Å². The fraction of sp³-hybridized carbons (Fsp3) is 0.381. The summed E-state index contributed by atoms with van der Waals surface area (Å²) in [6.07, 6.45) is 0. The Morgan fingerprint density at radius 1 is 1.12 bits per heavy atom. The Hall–Kier alpha value is -2.53. The zero-order valence-electron chi connectivity index (χ0n) is 15.6. The second kappa shape index (κ2) is 8.23. The summed E-state index contributed by atoms with van der Waals surface area (Å²) in [5, 5.41) is 3.43. The minimum absolute atomic E-state index is 0.237. The number of carbonyl (C=O) groups is 1. The van der Waals surface area contributed by atoms with Gasteiger partial charge in [-0.15, -0.1) is 0 Å². The highest BCUT2D eigenvalue weighted by Gasteiger charge is 2.19. The monoisotopic (exact) mass is 352 g/mol. The molecule has 0 spiro atoms. The first-order valence-corrected chi connectivity index (χ1v) is 9.22. The van der Waals surface area contributed by atoms with Gasteiger partial charge < -0.3 is 16.0 Å². The lowest BCUT2D eigenvalue weighted by atomic mass is 10.1. The summed E-state index contributed by atoms with van der Waals surface area (Å²) in [6, 6.07) is 16.4. The largest absolute Gasteiger partial charge is 0.381 e. The zero-order chi connectivity index (χ0) is 18.5. The molecular formula is C21H28N4O. The van der Waals surface area contributed by atoms with E-state index in [0.29, 0.717) is 5.56 Å². The molecule has 1 unspecified atom stereocenters. The summed E-state index contributed by atoms with van der Waals surface area (Å²) in [6.45, 7) is 9.37. The van der Waals surface area contributed by atoms with Crippen molar-refractivity contribution in [3.63, 3.8) is 0 Å². The molecule has 1 amide bonds. The lowest BCUT2D eigenvalue weighted by molar-refractivity contribution is 0.100. The van der Waals surface area contributed by atoms with E-state index in [0.717, 1.165) is 38.4 Å². The number of aryl methyl sites for hydroxylation is 1. The van der Waals surface area contributed by atoms with Gasteiger partial charge in [-0.3, -0.25) is 9.69 Å². The molecule has 1 aliphatic rings. The molecule has 2 aromatic rings. The molecule has 1 saturated heterocycles. The number of hydrogen-bond acceptors (Lipinski definition) is 4. The van der Waals surface area contributed by atoms with Crippen LogP contribution in [0.2, 0.25) is 0 Å². The van der Waals surface area contributed by atoms with Crippen LogP contribution in [0, 0.1) is 6.92 Å². The quantitative estimate of drug-likeness (QED) is 0.839. The summed E-state index contributed by atoms with van der Waals surface area (Å²) < 4.78 is 0. The SMILES string of the molecule is Cc1cccc(N2CCN(CC(C)Nc3ccccc3C(N)=O)CC2)c1. The van der Waals surface area contributed by atoms with Crippen LogP contribution >= 0.6 is 0 Å². The molecule has 5 heteroatoms. The second-order valence-corrected chi connectivity index (χ2v) is 7.08. The van der Waals surface area contributed by atoms with Gasteiger partial charge in [-0.05, 0) is 43.7 Å². The van der Waals surface area contributed by atoms with Crippen molar-refractivity contribution in [2.75, 3.05) is 42.9 Å². The van der Waals surface area contributed by atoms with Crippen LogP contribution in [0.1, 0.15) is 22.8 Å². The van der Waals surface area contributed by atoms with Crippen LogP contribution in [0.5, 0.6) is 0 Å². The lowest BCUT2D eigenvalue weighted by Gasteiger charge is -2.37. The summed E-state index contributed by atoms with van der Waals surface area (Å²) in [7, 11) is 0. The van der Waals surface area contributed by atoms with Gasteiger partial charge in [0.15, 0.2) is 0 Å². The third kappa shape index (κ3) is 4.55. The summed E-state index contributed by atoms with van der Waals surface area (Å²) in [4.78, 5) is 16.5. The van der Waals surface area contributed by atoms with Crippen LogP contribution in [0.3, 0.4) is 0 Å². The zero-order valence-corrected chi connectivity index (χ0v) is 15.6. The normalized spacial score (nSPS) is 16.3. The molecule has 26 heavy (non-hydrogen) atoms. The maximum Gasteiger partial charge on any atom is 0.250 e. The van der Waals surface area contributed by atoms with Gasteiger partial charge in [0.2, 0.25) is 0 Å². The van der Waals surface area contributed by atoms with Gasteiger partial charge in [0.1, 0.15) is 0 Å². The van der Waals surface area contributed by atoms with Crippen molar-refractivity contribution >= 4 is 17.3 Å². The highest BCUT2D eigenvalue weighted by atomic mass is 16.1. The molecule has 5 nitrogen and oxygen atoms in total. The average molecular weight is 352 g/mol. The standard InChI is InChI=1S/C21H28N4O/c1-16-6-5-7-18(14-16)25-12-10-24(11-13-25)15-17(2)23-20-9-4-3-8-19(20)21(22)26/h3-9,14,17,23H,10-13,15H2,1-2H3,(H2,22,26). The molecule has 1 heterocycles. The molecule has 1 fully saturated rings. The maximum absolute atomic E-state index is 11.6. The van der Waals surface area contributed by atoms with Crippen molar-refractivity contribution in [1.82, 2.24) is 4.90 Å². The Labute approximate surface area is 155 Å². The van der Waals surface area contributed by atoms with Crippen molar-refractivity contribution in [1.29, 1.82) is 0 Å². The molecule has 3 N–H and O–H groups in total. The molecule has 0 aromatic heterocycles. The lowest BCUT2D eigenvalue weighted by Crippen LogP contribution is -2.49. The van der Waals surface area contributed by atoms with Crippen molar-refractivity contribution in [2.24, 2.45) is 5.73 Å². The summed E-state index contributed by atoms with van der Waals surface area (Å²) in [5.74, 6) is -0.396. The van der Waals surface area contributed by atoms with Crippen LogP contribution in [-0.4, -0.2) is 49.6 Å². The van der Waals surface area contributed by atoms with E-state index in [1.807, 2.05) is 18.2 Å². The second-order valence-electron chi connectivity index (χ2n) is 7.08. The number of primary amides is 1. The minimum atomic E-state index is -0.396. The number of hydrogen-bond donors (Lipinski definition) is 2. The van der Waals surface area contributed by atoms with Crippen LogP contribution in [0.4, 0.5) is 11.4 Å². The Kier molecular flexibility index (Phi) is 5.78. The fourth-order valence-corrected chi connectivity index (χ4v) is 3.54. The van der Waals surface area contributed by atoms with Crippen molar-refractivity contribution in [3.05, 3.63) is 59.7 Å². The number of amides is 1. The predicted octanol–water partition coefficient (Wildman–Crippen LogP) is 2.72. The molecule has 3 rings (SSSR count). The molecule has 1 aliphatic heterocycles. The number of benzene rings is 2. The van der Waals surface area contributed by atoms with Crippen molar-refractivity contribution in [2.45, 2.75) is 19.9 Å². The molecule has 0 aliphatic carbocycles. The predicted molar refractivity (Wildman–Crippen MR) is 108 cm³/mol. The van der Waals surface area contributed by atoms with Gasteiger partial charge in [0, 0.05) is 50.1 Å². The van der Waals surface area contributed by atoms with E-state index in [1.165, 1.54) is 11.3 Å². The molecule has 2 aromatic carbocycles. The molecular weight excluding hydrogens is 324 g/mol. The number of para-hydroxylation sites is 1. The molecule has 138 valence electrons. The van der Waals surface area contributed by atoms with Crippen LogP contribution in [-0.2, 0) is 0 Å². The topological polar surface area (TPSA) is 61.6 Å². The Morgan fingerprint density at radius 2 is 1.85 bits per heavy atom. The van der Waals surface area contributed by atoms with E-state index in [2.05, 4.69) is 53.2 Å². The Morgan fingerprint density at radius 3 is 2.54 bits per heavy atom. The molecule has 0 radical (unpaired) electrons. The van der Waals surface area contributed by atoms with E-state index >= 15 is 0 Å². The molecule has 0 saturated carbocycles. The fourth-order valence-electron chi connectivity index (χ4n) is 3.54. The minimum Gasteiger partial charge on any atom is -0.381 e. The first kappa shape index (κ1) is 18.3. The summed E-state index contributed by atoms with van der Waals surface area (Å²) >= 11 is 0. The van der Waals surface area contributed by atoms with Crippen LogP contribution < -0.4 is 16.0 Å². The van der Waals surface area contributed by atoms with Gasteiger partial charge in [-0.25, -0.2) is 0 Å². The van der Waals surface area contributed by atoms with E-state index < -0.39 is 5.91 Å². The number of piperazine rings is 1. The highest BCUT2D eigenvalue weighted by molar-refractivity contribution is 5.98.